The number of carbonyl (C=O) groups excluding carboxylic acids is 1. The Labute approximate surface area is 151 Å². The highest BCUT2D eigenvalue weighted by atomic mass is 16.1. The largest absolute Gasteiger partial charge is 0.293 e. The van der Waals surface area contributed by atoms with Crippen molar-refractivity contribution >= 4 is 5.78 Å². The molecule has 2 aliphatic rings. The minimum atomic E-state index is -0.602. The van der Waals surface area contributed by atoms with Gasteiger partial charge in [-0.3, -0.25) is 9.48 Å². The van der Waals surface area contributed by atoms with Crippen LogP contribution in [-0.4, -0.2) is 35.8 Å². The minimum absolute atomic E-state index is 0.0716. The molecule has 0 N–H and O–H groups in total. The van der Waals surface area contributed by atoms with Crippen LogP contribution in [0, 0.1) is 22.7 Å². The zero-order valence-electron chi connectivity index (χ0n) is 15.6. The number of tetrazole rings is 1. The third-order valence-electron chi connectivity index (χ3n) is 6.05. The summed E-state index contributed by atoms with van der Waals surface area (Å²) in [5, 5.41) is 26.7. The SMILES string of the molecule is Cn1nnc(-c2c3c(nn2C)[C@@]2(C)C=C(C#N)C(=O)C(C)(C)[C@@H]2CC3)n1. The summed E-state index contributed by atoms with van der Waals surface area (Å²) >= 11 is 0. The molecule has 0 aromatic carbocycles. The number of rotatable bonds is 1. The molecule has 0 saturated carbocycles. The van der Waals surface area contributed by atoms with E-state index < -0.39 is 10.8 Å². The number of hydrogen-bond acceptors (Lipinski definition) is 6. The van der Waals surface area contributed by atoms with Crippen molar-refractivity contribution in [1.29, 1.82) is 5.26 Å². The summed E-state index contributed by atoms with van der Waals surface area (Å²) in [7, 11) is 3.60. The Bertz CT molecular complexity index is 1000. The topological polar surface area (TPSA) is 102 Å². The zero-order chi connectivity index (χ0) is 18.9. The van der Waals surface area contributed by atoms with Crippen LogP contribution in [-0.2, 0) is 30.7 Å². The third-order valence-corrected chi connectivity index (χ3v) is 6.05. The molecule has 2 aliphatic carbocycles. The minimum Gasteiger partial charge on any atom is -0.293 e. The van der Waals surface area contributed by atoms with Gasteiger partial charge < -0.3 is 0 Å². The van der Waals surface area contributed by atoms with Gasteiger partial charge in [-0.25, -0.2) is 0 Å². The molecule has 0 fully saturated rings. The van der Waals surface area contributed by atoms with Crippen molar-refractivity contribution in [2.75, 3.05) is 0 Å². The van der Waals surface area contributed by atoms with Gasteiger partial charge in [0.1, 0.15) is 11.8 Å². The fourth-order valence-electron chi connectivity index (χ4n) is 4.88. The lowest BCUT2D eigenvalue weighted by molar-refractivity contribution is -0.128. The Morgan fingerprint density at radius 1 is 1.27 bits per heavy atom. The molecule has 0 bridgehead atoms. The molecular formula is C18H21N7O. The summed E-state index contributed by atoms with van der Waals surface area (Å²) in [6.07, 6.45) is 3.46. The van der Waals surface area contributed by atoms with Gasteiger partial charge in [0.2, 0.25) is 5.82 Å². The number of allylic oxidation sites excluding steroid dienone is 2. The Balaban J connectivity index is 1.96. The highest BCUT2D eigenvalue weighted by molar-refractivity contribution is 6.04. The molecular weight excluding hydrogens is 330 g/mol. The number of nitrogens with zero attached hydrogens (tertiary/aromatic N) is 7. The third kappa shape index (κ3) is 1.97. The fraction of sp³-hybridized carbons (Fsp3) is 0.556. The summed E-state index contributed by atoms with van der Waals surface area (Å²) in [5.74, 6) is 0.559. The first-order valence-electron chi connectivity index (χ1n) is 8.68. The van der Waals surface area contributed by atoms with Crippen molar-refractivity contribution in [3.05, 3.63) is 22.9 Å². The van der Waals surface area contributed by atoms with Gasteiger partial charge in [-0.15, -0.1) is 10.2 Å². The average molecular weight is 351 g/mol. The van der Waals surface area contributed by atoms with Crippen molar-refractivity contribution < 1.29 is 4.79 Å². The molecule has 4 rings (SSSR count). The smallest absolute Gasteiger partial charge is 0.223 e. The van der Waals surface area contributed by atoms with Crippen LogP contribution in [0.4, 0.5) is 0 Å². The van der Waals surface area contributed by atoms with Gasteiger partial charge in [-0.05, 0) is 24.0 Å². The Hall–Kier alpha value is -2.82. The Kier molecular flexibility index (Phi) is 3.26. The summed E-state index contributed by atoms with van der Waals surface area (Å²) in [6, 6.07) is 2.09. The van der Waals surface area contributed by atoms with Crippen molar-refractivity contribution in [3.63, 3.8) is 0 Å². The van der Waals surface area contributed by atoms with E-state index in [4.69, 9.17) is 5.10 Å². The van der Waals surface area contributed by atoms with Crippen LogP contribution in [0.5, 0.6) is 0 Å². The van der Waals surface area contributed by atoms with Gasteiger partial charge >= 0.3 is 0 Å². The van der Waals surface area contributed by atoms with Crippen molar-refractivity contribution in [1.82, 2.24) is 30.0 Å². The van der Waals surface area contributed by atoms with E-state index in [1.54, 1.807) is 11.7 Å². The predicted molar refractivity (Wildman–Crippen MR) is 92.6 cm³/mol. The van der Waals surface area contributed by atoms with Gasteiger partial charge in [0, 0.05) is 23.4 Å². The number of Topliss-reactive ketones (excluding diaryl/α,β-unsaturated/α-hetero) is 1. The van der Waals surface area contributed by atoms with Gasteiger partial charge in [0.15, 0.2) is 5.78 Å². The normalized spacial score (nSPS) is 26.7. The second-order valence-electron chi connectivity index (χ2n) is 8.00. The van der Waals surface area contributed by atoms with E-state index in [1.807, 2.05) is 27.0 Å². The van der Waals surface area contributed by atoms with Gasteiger partial charge in [0.25, 0.3) is 0 Å². The summed E-state index contributed by atoms with van der Waals surface area (Å²) in [5.41, 5.74) is 1.99. The molecule has 0 saturated heterocycles. The number of hydrogen-bond donors (Lipinski definition) is 0. The van der Waals surface area contributed by atoms with Crippen molar-refractivity contribution in [2.24, 2.45) is 25.4 Å². The molecule has 2 atom stereocenters. The molecule has 0 amide bonds. The van der Waals surface area contributed by atoms with Gasteiger partial charge in [-0.1, -0.05) is 26.8 Å². The van der Waals surface area contributed by atoms with Gasteiger partial charge in [-0.2, -0.15) is 15.2 Å². The average Bonchev–Trinajstić information content (AvgIpc) is 3.14. The number of nitriles is 1. The summed E-state index contributed by atoms with van der Waals surface area (Å²) < 4.78 is 1.79. The second-order valence-corrected chi connectivity index (χ2v) is 8.00. The van der Waals surface area contributed by atoms with Crippen LogP contribution in [0.15, 0.2) is 11.6 Å². The first-order chi connectivity index (χ1) is 12.2. The maximum Gasteiger partial charge on any atom is 0.223 e. The van der Waals surface area contributed by atoms with Crippen LogP contribution in [0.1, 0.15) is 38.4 Å². The Morgan fingerprint density at radius 3 is 2.62 bits per heavy atom. The first kappa shape index (κ1) is 16.6. The fourth-order valence-corrected chi connectivity index (χ4v) is 4.88. The lowest BCUT2D eigenvalue weighted by Gasteiger charge is -2.49. The summed E-state index contributed by atoms with van der Waals surface area (Å²) in [6.45, 7) is 5.98. The van der Waals surface area contributed by atoms with Crippen LogP contribution < -0.4 is 0 Å². The second kappa shape index (κ2) is 5.10. The van der Waals surface area contributed by atoms with E-state index in [1.165, 1.54) is 4.80 Å². The molecule has 2 aromatic rings. The summed E-state index contributed by atoms with van der Waals surface area (Å²) in [4.78, 5) is 14.2. The van der Waals surface area contributed by atoms with Crippen LogP contribution in [0.2, 0.25) is 0 Å². The van der Waals surface area contributed by atoms with E-state index in [-0.39, 0.29) is 17.3 Å². The number of carbonyl (C=O) groups is 1. The molecule has 2 aromatic heterocycles. The van der Waals surface area contributed by atoms with E-state index in [0.717, 1.165) is 29.8 Å². The van der Waals surface area contributed by atoms with Crippen LogP contribution in [0.25, 0.3) is 11.5 Å². The van der Waals surface area contributed by atoms with E-state index in [0.29, 0.717) is 5.82 Å². The highest BCUT2D eigenvalue weighted by Crippen LogP contribution is 2.55. The molecule has 0 aliphatic heterocycles. The number of ketones is 1. The monoisotopic (exact) mass is 351 g/mol. The van der Waals surface area contributed by atoms with E-state index >= 15 is 0 Å². The molecule has 0 radical (unpaired) electrons. The first-order valence-corrected chi connectivity index (χ1v) is 8.68. The maximum absolute atomic E-state index is 12.7. The maximum atomic E-state index is 12.7. The van der Waals surface area contributed by atoms with E-state index in [2.05, 4.69) is 28.4 Å². The van der Waals surface area contributed by atoms with Crippen molar-refractivity contribution in [3.8, 4) is 17.6 Å². The molecule has 2 heterocycles. The lowest BCUT2D eigenvalue weighted by atomic mass is 9.52. The van der Waals surface area contributed by atoms with Gasteiger partial charge in [0.05, 0.1) is 18.3 Å². The molecule has 134 valence electrons. The zero-order valence-corrected chi connectivity index (χ0v) is 15.6. The lowest BCUT2D eigenvalue weighted by Crippen LogP contribution is -2.51. The van der Waals surface area contributed by atoms with Crippen molar-refractivity contribution in [2.45, 2.75) is 39.0 Å². The number of aromatic nitrogens is 6. The molecule has 26 heavy (non-hydrogen) atoms. The molecule has 0 unspecified atom stereocenters. The molecule has 0 spiro atoms. The molecule has 8 heteroatoms. The number of fused-ring (bicyclic) bond motifs is 3. The molecule has 8 nitrogen and oxygen atoms in total. The highest BCUT2D eigenvalue weighted by Gasteiger charge is 2.55. The number of aryl methyl sites for hydroxylation is 2. The van der Waals surface area contributed by atoms with Crippen LogP contribution in [0.3, 0.4) is 0 Å². The predicted octanol–water partition coefficient (Wildman–Crippen LogP) is 1.49. The Morgan fingerprint density at radius 2 is 2.00 bits per heavy atom. The van der Waals surface area contributed by atoms with E-state index in [9.17, 15) is 10.1 Å². The van der Waals surface area contributed by atoms with Crippen LogP contribution >= 0.6 is 0 Å². The standard InChI is InChI=1S/C18H21N7O/c1-17(2)12-7-6-11-13(16-20-23-25(5)22-16)24(4)21-14(11)18(12,3)8-10(9-19)15(17)26/h8,12H,6-7H2,1-5H3/t12-,18-/m0/s1. The quantitative estimate of drug-likeness (QED) is 0.771.